The highest BCUT2D eigenvalue weighted by atomic mass is 32.1. The molecule has 5 heteroatoms. The molecular weight excluding hydrogens is 318 g/mol. The maximum absolute atomic E-state index is 13.0. The fourth-order valence-corrected chi connectivity index (χ4v) is 4.94. The van der Waals surface area contributed by atoms with Crippen molar-refractivity contribution in [2.75, 3.05) is 31.1 Å². The average molecular weight is 341 g/mol. The van der Waals surface area contributed by atoms with Crippen LogP contribution in [0, 0.1) is 5.92 Å². The van der Waals surface area contributed by atoms with Gasteiger partial charge in [-0.25, -0.2) is 4.98 Å². The lowest BCUT2D eigenvalue weighted by Gasteiger charge is -2.35. The number of fused-ring (bicyclic) bond motifs is 1. The first-order valence-corrected chi connectivity index (χ1v) is 9.65. The molecule has 0 spiro atoms. The summed E-state index contributed by atoms with van der Waals surface area (Å²) < 4.78 is 0. The van der Waals surface area contributed by atoms with E-state index in [4.69, 9.17) is 0 Å². The highest BCUT2D eigenvalue weighted by Gasteiger charge is 2.28. The first-order valence-electron chi connectivity index (χ1n) is 8.77. The molecule has 0 aromatic carbocycles. The highest BCUT2D eigenvalue weighted by Crippen LogP contribution is 2.33. The number of rotatable bonds is 2. The number of carbonyl (C=O) groups excluding carboxylic acids is 1. The Balaban J connectivity index is 1.44. The number of carbonyl (C=O) groups is 1. The van der Waals surface area contributed by atoms with Crippen molar-refractivity contribution in [2.45, 2.75) is 26.2 Å². The Morgan fingerprint density at radius 3 is 2.83 bits per heavy atom. The SMILES string of the molecule is C[C@H]1CCc2c(C(=O)N3CCN(c4ccccn4)CC3)csc2C1. The van der Waals surface area contributed by atoms with Crippen molar-refractivity contribution >= 4 is 23.1 Å². The summed E-state index contributed by atoms with van der Waals surface area (Å²) in [5.41, 5.74) is 2.29. The summed E-state index contributed by atoms with van der Waals surface area (Å²) in [5.74, 6) is 1.98. The van der Waals surface area contributed by atoms with E-state index < -0.39 is 0 Å². The van der Waals surface area contributed by atoms with E-state index in [9.17, 15) is 4.79 Å². The van der Waals surface area contributed by atoms with E-state index in [1.807, 2.05) is 29.3 Å². The number of piperazine rings is 1. The fourth-order valence-electron chi connectivity index (χ4n) is 3.71. The zero-order valence-electron chi connectivity index (χ0n) is 14.1. The second-order valence-electron chi connectivity index (χ2n) is 6.87. The molecule has 1 saturated heterocycles. The van der Waals surface area contributed by atoms with Crippen LogP contribution in [-0.2, 0) is 12.8 Å². The summed E-state index contributed by atoms with van der Waals surface area (Å²) in [5, 5.41) is 2.09. The molecule has 0 unspecified atom stereocenters. The largest absolute Gasteiger partial charge is 0.353 e. The Morgan fingerprint density at radius 1 is 1.25 bits per heavy atom. The summed E-state index contributed by atoms with van der Waals surface area (Å²) in [6, 6.07) is 5.98. The number of aromatic nitrogens is 1. The van der Waals surface area contributed by atoms with Gasteiger partial charge in [-0.2, -0.15) is 0 Å². The lowest BCUT2D eigenvalue weighted by Crippen LogP contribution is -2.49. The van der Waals surface area contributed by atoms with Crippen molar-refractivity contribution in [1.82, 2.24) is 9.88 Å². The van der Waals surface area contributed by atoms with Crippen LogP contribution < -0.4 is 4.90 Å². The second kappa shape index (κ2) is 6.55. The predicted molar refractivity (Wildman–Crippen MR) is 97.9 cm³/mol. The van der Waals surface area contributed by atoms with Gasteiger partial charge >= 0.3 is 0 Å². The first kappa shape index (κ1) is 15.6. The monoisotopic (exact) mass is 341 g/mol. The van der Waals surface area contributed by atoms with Crippen molar-refractivity contribution in [1.29, 1.82) is 0 Å². The minimum Gasteiger partial charge on any atom is -0.353 e. The number of nitrogens with zero attached hydrogens (tertiary/aromatic N) is 3. The molecule has 4 nitrogen and oxygen atoms in total. The molecule has 2 aromatic rings. The molecule has 126 valence electrons. The van der Waals surface area contributed by atoms with Gasteiger partial charge in [-0.05, 0) is 42.9 Å². The number of anilines is 1. The molecule has 1 fully saturated rings. The Morgan fingerprint density at radius 2 is 2.08 bits per heavy atom. The number of thiophene rings is 1. The normalized spacial score (nSPS) is 20.8. The van der Waals surface area contributed by atoms with Crippen LogP contribution in [0.1, 0.15) is 34.1 Å². The van der Waals surface area contributed by atoms with E-state index >= 15 is 0 Å². The van der Waals surface area contributed by atoms with E-state index in [0.29, 0.717) is 0 Å². The van der Waals surface area contributed by atoms with E-state index in [1.54, 1.807) is 11.3 Å². The summed E-state index contributed by atoms with van der Waals surface area (Å²) >= 11 is 1.78. The molecule has 2 aromatic heterocycles. The molecule has 4 rings (SSSR count). The molecule has 24 heavy (non-hydrogen) atoms. The lowest BCUT2D eigenvalue weighted by atomic mass is 9.88. The number of hydrogen-bond acceptors (Lipinski definition) is 4. The van der Waals surface area contributed by atoms with Gasteiger partial charge in [0.15, 0.2) is 0 Å². The third kappa shape index (κ3) is 2.93. The summed E-state index contributed by atoms with van der Waals surface area (Å²) in [7, 11) is 0. The number of hydrogen-bond donors (Lipinski definition) is 0. The van der Waals surface area contributed by atoms with Crippen LogP contribution in [0.3, 0.4) is 0 Å². The third-order valence-corrected chi connectivity index (χ3v) is 6.22. The summed E-state index contributed by atoms with van der Waals surface area (Å²) in [6.07, 6.45) is 5.23. The van der Waals surface area contributed by atoms with Crippen molar-refractivity contribution in [3.63, 3.8) is 0 Å². The average Bonchev–Trinajstić information content (AvgIpc) is 3.05. The molecule has 0 radical (unpaired) electrons. The third-order valence-electron chi connectivity index (χ3n) is 5.17. The van der Waals surface area contributed by atoms with Gasteiger partial charge in [0.25, 0.3) is 5.91 Å². The standard InChI is InChI=1S/C19H23N3OS/c1-14-5-6-15-16(13-24-17(15)12-14)19(23)22-10-8-21(9-11-22)18-4-2-3-7-20-18/h2-4,7,13-14H,5-6,8-12H2,1H3/t14-/m0/s1. The molecule has 1 amide bonds. The van der Waals surface area contributed by atoms with Crippen LogP contribution in [0.25, 0.3) is 0 Å². The van der Waals surface area contributed by atoms with E-state index in [1.165, 1.54) is 16.9 Å². The van der Waals surface area contributed by atoms with Gasteiger partial charge in [-0.3, -0.25) is 4.79 Å². The zero-order valence-corrected chi connectivity index (χ0v) is 14.9. The predicted octanol–water partition coefficient (Wildman–Crippen LogP) is 3.23. The van der Waals surface area contributed by atoms with Crippen molar-refractivity contribution in [3.05, 3.63) is 45.8 Å². The molecule has 0 saturated carbocycles. The zero-order chi connectivity index (χ0) is 16.5. The quantitative estimate of drug-likeness (QED) is 0.841. The van der Waals surface area contributed by atoms with Crippen LogP contribution in [0.2, 0.25) is 0 Å². The Kier molecular flexibility index (Phi) is 4.27. The second-order valence-corrected chi connectivity index (χ2v) is 7.83. The Bertz CT molecular complexity index is 719. The fraction of sp³-hybridized carbons (Fsp3) is 0.474. The topological polar surface area (TPSA) is 36.4 Å². The minimum atomic E-state index is 0.225. The maximum atomic E-state index is 13.0. The van der Waals surface area contributed by atoms with Crippen molar-refractivity contribution in [3.8, 4) is 0 Å². The Labute approximate surface area is 147 Å². The lowest BCUT2D eigenvalue weighted by molar-refractivity contribution is 0.0745. The molecule has 0 N–H and O–H groups in total. The van der Waals surface area contributed by atoms with E-state index in [-0.39, 0.29) is 5.91 Å². The van der Waals surface area contributed by atoms with Gasteiger partial charge in [-0.15, -0.1) is 11.3 Å². The van der Waals surface area contributed by atoms with E-state index in [0.717, 1.165) is 56.3 Å². The molecule has 3 heterocycles. The smallest absolute Gasteiger partial charge is 0.255 e. The van der Waals surface area contributed by atoms with Gasteiger partial charge in [-0.1, -0.05) is 13.0 Å². The van der Waals surface area contributed by atoms with Gasteiger partial charge in [0.2, 0.25) is 0 Å². The van der Waals surface area contributed by atoms with Crippen LogP contribution in [0.15, 0.2) is 29.8 Å². The molecule has 0 bridgehead atoms. The highest BCUT2D eigenvalue weighted by molar-refractivity contribution is 7.10. The van der Waals surface area contributed by atoms with Crippen LogP contribution in [0.4, 0.5) is 5.82 Å². The van der Waals surface area contributed by atoms with Gasteiger partial charge < -0.3 is 9.80 Å². The number of amides is 1. The van der Waals surface area contributed by atoms with Crippen LogP contribution in [0.5, 0.6) is 0 Å². The van der Waals surface area contributed by atoms with Gasteiger partial charge in [0.1, 0.15) is 5.82 Å². The molecule has 1 aliphatic carbocycles. The summed E-state index contributed by atoms with van der Waals surface area (Å²) in [6.45, 7) is 5.56. The maximum Gasteiger partial charge on any atom is 0.255 e. The molecular formula is C19H23N3OS. The van der Waals surface area contributed by atoms with Crippen LogP contribution in [-0.4, -0.2) is 42.0 Å². The first-order chi connectivity index (χ1) is 11.7. The van der Waals surface area contributed by atoms with Crippen LogP contribution >= 0.6 is 11.3 Å². The van der Waals surface area contributed by atoms with Gasteiger partial charge in [0.05, 0.1) is 5.56 Å². The Hall–Kier alpha value is -1.88. The van der Waals surface area contributed by atoms with Gasteiger partial charge in [0, 0.05) is 42.6 Å². The van der Waals surface area contributed by atoms with E-state index in [2.05, 4.69) is 22.2 Å². The van der Waals surface area contributed by atoms with Crippen molar-refractivity contribution < 1.29 is 4.79 Å². The molecule has 1 aliphatic heterocycles. The van der Waals surface area contributed by atoms with Crippen molar-refractivity contribution in [2.24, 2.45) is 5.92 Å². The minimum absolute atomic E-state index is 0.225. The molecule has 1 atom stereocenters. The molecule has 2 aliphatic rings. The summed E-state index contributed by atoms with van der Waals surface area (Å²) in [4.78, 5) is 23.1. The number of pyridine rings is 1.